The van der Waals surface area contributed by atoms with Crippen LogP contribution in [0.15, 0.2) is 24.3 Å². The monoisotopic (exact) mass is 206 g/mol. The van der Waals surface area contributed by atoms with Gasteiger partial charge in [-0.25, -0.2) is 0 Å². The zero-order valence-electron chi connectivity index (χ0n) is 9.42. The third-order valence-corrected chi connectivity index (χ3v) is 3.56. The molecule has 0 bridgehead atoms. The Labute approximate surface area is 87.2 Å². The van der Waals surface area contributed by atoms with Crippen LogP contribution in [0.3, 0.4) is 0 Å². The van der Waals surface area contributed by atoms with Gasteiger partial charge < -0.3 is 0 Å². The Morgan fingerprint density at radius 2 is 1.79 bits per heavy atom. The molecule has 0 aliphatic rings. The van der Waals surface area contributed by atoms with E-state index in [0.717, 1.165) is 11.6 Å². The lowest BCUT2D eigenvalue weighted by Crippen LogP contribution is -2.25. The van der Waals surface area contributed by atoms with Crippen LogP contribution in [0.25, 0.3) is 0 Å². The van der Waals surface area contributed by atoms with Crippen LogP contribution in [-0.2, 0) is 6.04 Å². The van der Waals surface area contributed by atoms with Crippen molar-refractivity contribution in [3.8, 4) is 0 Å². The third-order valence-electron chi connectivity index (χ3n) is 2.12. The summed E-state index contributed by atoms with van der Waals surface area (Å²) in [6.07, 6.45) is 0. The lowest BCUT2D eigenvalue weighted by molar-refractivity contribution is 0.101. The van der Waals surface area contributed by atoms with Crippen molar-refractivity contribution in [2.75, 3.05) is 0 Å². The molecule has 76 valence electrons. The third kappa shape index (κ3) is 3.11. The maximum atomic E-state index is 11.4. The molecule has 0 aliphatic carbocycles. The molecular formula is C12H18OSi. The lowest BCUT2D eigenvalue weighted by atomic mass is 10.1. The molecule has 0 fully saturated rings. The van der Waals surface area contributed by atoms with E-state index in [1.54, 1.807) is 6.92 Å². The summed E-state index contributed by atoms with van der Waals surface area (Å²) >= 11 is 0. The largest absolute Gasteiger partial charge is 0.295 e. The molecule has 0 N–H and O–H groups in total. The number of ketones is 1. The second-order valence-electron chi connectivity index (χ2n) is 4.95. The number of benzene rings is 1. The summed E-state index contributed by atoms with van der Waals surface area (Å²) in [6.45, 7) is 8.61. The zero-order valence-corrected chi connectivity index (χ0v) is 10.4. The average Bonchev–Trinajstić information content (AvgIpc) is 2.01. The van der Waals surface area contributed by atoms with Crippen molar-refractivity contribution in [1.82, 2.24) is 0 Å². The molecule has 0 saturated carbocycles. The molecule has 0 saturated heterocycles. The summed E-state index contributed by atoms with van der Waals surface area (Å²) in [7, 11) is -1.13. The molecule has 0 aromatic heterocycles. The highest BCUT2D eigenvalue weighted by molar-refractivity contribution is 6.75. The van der Waals surface area contributed by atoms with Gasteiger partial charge in [0.2, 0.25) is 0 Å². The molecular weight excluding hydrogens is 188 g/mol. The Balaban J connectivity index is 3.02. The smallest absolute Gasteiger partial charge is 0.160 e. The molecule has 0 unspecified atom stereocenters. The zero-order chi connectivity index (χ0) is 10.8. The van der Waals surface area contributed by atoms with E-state index < -0.39 is 8.07 Å². The van der Waals surface area contributed by atoms with Crippen molar-refractivity contribution >= 4 is 13.9 Å². The van der Waals surface area contributed by atoms with Crippen LogP contribution in [0.2, 0.25) is 19.6 Å². The average molecular weight is 206 g/mol. The van der Waals surface area contributed by atoms with Crippen LogP contribution in [0, 0.1) is 0 Å². The van der Waals surface area contributed by atoms with Gasteiger partial charge in [-0.2, -0.15) is 0 Å². The first-order valence-corrected chi connectivity index (χ1v) is 8.70. The van der Waals surface area contributed by atoms with E-state index in [4.69, 9.17) is 0 Å². The molecule has 0 atom stereocenters. The van der Waals surface area contributed by atoms with Crippen LogP contribution < -0.4 is 0 Å². The fraction of sp³-hybridized carbons (Fsp3) is 0.417. The molecule has 0 radical (unpaired) electrons. The summed E-state index contributed by atoms with van der Waals surface area (Å²) in [5.41, 5.74) is 2.12. The summed E-state index contributed by atoms with van der Waals surface area (Å²) in [4.78, 5) is 11.4. The van der Waals surface area contributed by atoms with Crippen LogP contribution >= 0.6 is 0 Å². The minimum absolute atomic E-state index is 0.179. The maximum absolute atomic E-state index is 11.4. The highest BCUT2D eigenvalue weighted by Gasteiger charge is 2.16. The highest BCUT2D eigenvalue weighted by atomic mass is 28.3. The Kier molecular flexibility index (Phi) is 3.27. The number of carbonyl (C=O) groups is 1. The molecule has 1 nitrogen and oxygen atoms in total. The minimum atomic E-state index is -1.13. The number of Topliss-reactive ketones (excluding diaryl/α,β-unsaturated/α-hetero) is 1. The lowest BCUT2D eigenvalue weighted by Gasteiger charge is -2.17. The van der Waals surface area contributed by atoms with Gasteiger partial charge in [-0.05, 0) is 18.5 Å². The molecule has 1 aromatic carbocycles. The Morgan fingerprint density at radius 1 is 1.21 bits per heavy atom. The van der Waals surface area contributed by atoms with E-state index in [1.807, 2.05) is 18.2 Å². The van der Waals surface area contributed by atoms with Crippen molar-refractivity contribution in [1.29, 1.82) is 0 Å². The van der Waals surface area contributed by atoms with Gasteiger partial charge in [0.15, 0.2) is 5.78 Å². The standard InChI is InChI=1S/C12H18OSi/c1-10(13)12-8-6-5-7-11(12)9-14(2,3)4/h5-8H,9H2,1-4H3. The van der Waals surface area contributed by atoms with Crippen LogP contribution in [0.4, 0.5) is 0 Å². The molecule has 2 heteroatoms. The number of rotatable bonds is 3. The minimum Gasteiger partial charge on any atom is -0.295 e. The SMILES string of the molecule is CC(=O)c1ccccc1C[Si](C)(C)C. The van der Waals surface area contributed by atoms with Gasteiger partial charge in [0, 0.05) is 13.6 Å². The van der Waals surface area contributed by atoms with Crippen molar-refractivity contribution in [2.45, 2.75) is 32.6 Å². The molecule has 0 heterocycles. The number of carbonyl (C=O) groups excluding carboxylic acids is 1. The first-order valence-electron chi connectivity index (χ1n) is 4.99. The van der Waals surface area contributed by atoms with Crippen molar-refractivity contribution in [2.24, 2.45) is 0 Å². The van der Waals surface area contributed by atoms with Crippen LogP contribution in [0.1, 0.15) is 22.8 Å². The van der Waals surface area contributed by atoms with Crippen molar-refractivity contribution in [3.63, 3.8) is 0 Å². The fourth-order valence-electron chi connectivity index (χ4n) is 1.59. The van der Waals surface area contributed by atoms with Crippen molar-refractivity contribution in [3.05, 3.63) is 35.4 Å². The Hall–Kier alpha value is -0.893. The van der Waals surface area contributed by atoms with E-state index in [1.165, 1.54) is 5.56 Å². The first kappa shape index (κ1) is 11.2. The summed E-state index contributed by atoms with van der Waals surface area (Å²) < 4.78 is 0. The molecule has 1 aromatic rings. The quantitative estimate of drug-likeness (QED) is 0.548. The number of hydrogen-bond acceptors (Lipinski definition) is 1. The molecule has 0 spiro atoms. The van der Waals surface area contributed by atoms with Gasteiger partial charge in [0.1, 0.15) is 0 Å². The first-order chi connectivity index (χ1) is 6.40. The predicted molar refractivity (Wildman–Crippen MR) is 63.5 cm³/mol. The van der Waals surface area contributed by atoms with Gasteiger partial charge in [-0.3, -0.25) is 4.79 Å². The predicted octanol–water partition coefficient (Wildman–Crippen LogP) is 3.31. The molecule has 14 heavy (non-hydrogen) atoms. The molecule has 1 rings (SSSR count). The van der Waals surface area contributed by atoms with E-state index >= 15 is 0 Å². The number of hydrogen-bond donors (Lipinski definition) is 0. The van der Waals surface area contributed by atoms with E-state index in [0.29, 0.717) is 0 Å². The topological polar surface area (TPSA) is 17.1 Å². The van der Waals surface area contributed by atoms with Gasteiger partial charge in [0.25, 0.3) is 0 Å². The normalized spacial score (nSPS) is 11.4. The van der Waals surface area contributed by atoms with Crippen LogP contribution in [-0.4, -0.2) is 13.9 Å². The fourth-order valence-corrected chi connectivity index (χ4v) is 3.04. The molecule has 0 amide bonds. The van der Waals surface area contributed by atoms with Gasteiger partial charge in [-0.15, -0.1) is 0 Å². The Morgan fingerprint density at radius 3 is 2.29 bits per heavy atom. The highest BCUT2D eigenvalue weighted by Crippen LogP contribution is 2.16. The second kappa shape index (κ2) is 4.09. The van der Waals surface area contributed by atoms with E-state index in [2.05, 4.69) is 25.7 Å². The Bertz CT molecular complexity index is 336. The second-order valence-corrected chi connectivity index (χ2v) is 10.4. The summed E-state index contributed by atoms with van der Waals surface area (Å²) in [5.74, 6) is 0.179. The van der Waals surface area contributed by atoms with Gasteiger partial charge in [-0.1, -0.05) is 43.9 Å². The van der Waals surface area contributed by atoms with E-state index in [9.17, 15) is 4.79 Å². The van der Waals surface area contributed by atoms with Gasteiger partial charge in [0.05, 0.1) is 0 Å². The summed E-state index contributed by atoms with van der Waals surface area (Å²) in [6, 6.07) is 9.04. The maximum Gasteiger partial charge on any atom is 0.160 e. The van der Waals surface area contributed by atoms with Crippen molar-refractivity contribution < 1.29 is 4.79 Å². The molecule has 0 aliphatic heterocycles. The van der Waals surface area contributed by atoms with Gasteiger partial charge >= 0.3 is 0 Å². The van der Waals surface area contributed by atoms with Crippen LogP contribution in [0.5, 0.6) is 0 Å². The van der Waals surface area contributed by atoms with E-state index in [-0.39, 0.29) is 5.78 Å². The summed E-state index contributed by atoms with van der Waals surface area (Å²) in [5, 5.41) is 0.